The van der Waals surface area contributed by atoms with Crippen LogP contribution in [0.4, 0.5) is 11.8 Å². The Morgan fingerprint density at radius 2 is 1.77 bits per heavy atom. The minimum Gasteiger partial charge on any atom is -0.378 e. The van der Waals surface area contributed by atoms with E-state index in [-0.39, 0.29) is 11.9 Å². The summed E-state index contributed by atoms with van der Waals surface area (Å²) in [4.78, 5) is 38.9. The molecule has 2 aliphatic rings. The maximum atomic E-state index is 12.5. The number of hydrogen-bond acceptors (Lipinski definition) is 9. The van der Waals surface area contributed by atoms with E-state index in [0.717, 1.165) is 50.4 Å². The summed E-state index contributed by atoms with van der Waals surface area (Å²) in [5.41, 5.74) is 7.72. The molecule has 0 aliphatic carbocycles. The molecule has 11 nitrogen and oxygen atoms in total. The summed E-state index contributed by atoms with van der Waals surface area (Å²) in [6, 6.07) is 0. The van der Waals surface area contributed by atoms with Crippen LogP contribution in [0.3, 0.4) is 0 Å². The average Bonchev–Trinajstić information content (AvgIpc) is 3.48. The van der Waals surface area contributed by atoms with Crippen molar-refractivity contribution in [3.63, 3.8) is 0 Å². The third-order valence-corrected chi connectivity index (χ3v) is 5.71. The lowest BCUT2D eigenvalue weighted by Gasteiger charge is -2.28. The van der Waals surface area contributed by atoms with Gasteiger partial charge < -0.3 is 24.8 Å². The molecule has 11 heteroatoms. The van der Waals surface area contributed by atoms with E-state index in [4.69, 9.17) is 20.4 Å². The highest BCUT2D eigenvalue weighted by Crippen LogP contribution is 2.27. The Morgan fingerprint density at radius 1 is 1.03 bits per heavy atom. The number of aryl methyl sites for hydroxylation is 1. The molecule has 0 aromatic carbocycles. The number of anilines is 2. The van der Waals surface area contributed by atoms with Crippen LogP contribution < -0.4 is 10.6 Å². The lowest BCUT2D eigenvalue weighted by molar-refractivity contribution is -0.130. The third-order valence-electron chi connectivity index (χ3n) is 5.71. The summed E-state index contributed by atoms with van der Waals surface area (Å²) in [5.74, 6) is 1.63. The van der Waals surface area contributed by atoms with Crippen LogP contribution in [0.1, 0.15) is 19.3 Å². The van der Waals surface area contributed by atoms with Crippen molar-refractivity contribution in [3.8, 4) is 11.4 Å². The zero-order chi connectivity index (χ0) is 21.2. The molecule has 0 atom stereocenters. The molecule has 0 radical (unpaired) electrons. The topological polar surface area (TPSA) is 128 Å². The number of hydrogen-bond donors (Lipinski definition) is 1. The Labute approximate surface area is 179 Å². The first-order chi connectivity index (χ1) is 15.2. The molecule has 2 saturated heterocycles. The Balaban J connectivity index is 1.50. The summed E-state index contributed by atoms with van der Waals surface area (Å²) in [6.07, 6.45) is 7.56. The summed E-state index contributed by atoms with van der Waals surface area (Å²) >= 11 is 0. The van der Waals surface area contributed by atoms with Gasteiger partial charge in [-0.1, -0.05) is 0 Å². The quantitative estimate of drug-likeness (QED) is 0.631. The highest BCUT2D eigenvalue weighted by atomic mass is 16.5. The smallest absolute Gasteiger partial charge is 0.224 e. The maximum Gasteiger partial charge on any atom is 0.224 e. The summed E-state index contributed by atoms with van der Waals surface area (Å²) in [6.45, 7) is 4.95. The van der Waals surface area contributed by atoms with Crippen molar-refractivity contribution in [2.24, 2.45) is 0 Å². The van der Waals surface area contributed by atoms with Gasteiger partial charge in [-0.2, -0.15) is 0 Å². The normalized spacial score (nSPS) is 16.9. The number of likely N-dealkylation sites (tertiary alicyclic amines) is 1. The molecule has 0 spiro atoms. The van der Waals surface area contributed by atoms with Crippen molar-refractivity contribution in [2.45, 2.75) is 25.8 Å². The van der Waals surface area contributed by atoms with Gasteiger partial charge in [0, 0.05) is 51.5 Å². The first-order valence-corrected chi connectivity index (χ1v) is 10.6. The lowest BCUT2D eigenvalue weighted by atomic mass is 10.3. The molecule has 3 aromatic rings. The highest BCUT2D eigenvalue weighted by Gasteiger charge is 2.22. The first-order valence-electron chi connectivity index (χ1n) is 10.6. The molecule has 2 aliphatic heterocycles. The molecular formula is C20H25N9O2. The van der Waals surface area contributed by atoms with Crippen LogP contribution in [0.15, 0.2) is 18.7 Å². The zero-order valence-corrected chi connectivity index (χ0v) is 17.3. The van der Waals surface area contributed by atoms with Crippen molar-refractivity contribution in [1.29, 1.82) is 0 Å². The van der Waals surface area contributed by atoms with Gasteiger partial charge >= 0.3 is 0 Å². The molecule has 5 heterocycles. The minimum absolute atomic E-state index is 0.175. The molecular weight excluding hydrogens is 398 g/mol. The molecule has 0 saturated carbocycles. The summed E-state index contributed by atoms with van der Waals surface area (Å²) < 4.78 is 7.42. The molecule has 0 bridgehead atoms. The monoisotopic (exact) mass is 423 g/mol. The van der Waals surface area contributed by atoms with Crippen LogP contribution in [0.25, 0.3) is 22.6 Å². The third kappa shape index (κ3) is 4.00. The van der Waals surface area contributed by atoms with E-state index in [1.807, 2.05) is 9.47 Å². The van der Waals surface area contributed by atoms with Crippen molar-refractivity contribution in [1.82, 2.24) is 34.4 Å². The first kappa shape index (κ1) is 19.6. The zero-order valence-electron chi connectivity index (χ0n) is 17.3. The summed E-state index contributed by atoms with van der Waals surface area (Å²) in [7, 11) is 0. The number of nitrogens with two attached hydrogens (primary N) is 1. The van der Waals surface area contributed by atoms with Crippen LogP contribution >= 0.6 is 0 Å². The number of aromatic nitrogens is 6. The van der Waals surface area contributed by atoms with E-state index in [9.17, 15) is 4.79 Å². The SMILES string of the molecule is Nc1ncc(-c2nc(N3CCOCC3)c3ncn(CCC(=O)N4CCCC4)c3n2)cn1. The number of imidazole rings is 1. The Hall–Kier alpha value is -3.34. The fourth-order valence-electron chi connectivity index (χ4n) is 4.01. The largest absolute Gasteiger partial charge is 0.378 e. The van der Waals surface area contributed by atoms with Crippen LogP contribution in [0.2, 0.25) is 0 Å². The van der Waals surface area contributed by atoms with Gasteiger partial charge in [-0.05, 0) is 12.8 Å². The number of carbonyl (C=O) groups excluding carboxylic acids is 1. The van der Waals surface area contributed by atoms with Gasteiger partial charge in [0.1, 0.15) is 0 Å². The number of fused-ring (bicyclic) bond motifs is 1. The molecule has 162 valence electrons. The van der Waals surface area contributed by atoms with E-state index >= 15 is 0 Å². The standard InChI is InChI=1S/C20H25N9O2/c21-20-22-11-14(12-23-20)17-25-18(28-7-9-31-10-8-28)16-19(26-17)29(13-24-16)6-3-15(30)27-4-1-2-5-27/h11-13H,1-10H2,(H2,21,22,23). The van der Waals surface area contributed by atoms with E-state index in [0.29, 0.717) is 43.2 Å². The van der Waals surface area contributed by atoms with Gasteiger partial charge in [0.2, 0.25) is 11.9 Å². The van der Waals surface area contributed by atoms with Gasteiger partial charge in [-0.25, -0.2) is 24.9 Å². The van der Waals surface area contributed by atoms with E-state index < -0.39 is 0 Å². The Morgan fingerprint density at radius 3 is 2.52 bits per heavy atom. The van der Waals surface area contributed by atoms with Gasteiger partial charge in [0.15, 0.2) is 22.8 Å². The van der Waals surface area contributed by atoms with Crippen molar-refractivity contribution < 1.29 is 9.53 Å². The number of morpholine rings is 1. The van der Waals surface area contributed by atoms with Crippen LogP contribution in [-0.4, -0.2) is 79.7 Å². The van der Waals surface area contributed by atoms with Gasteiger partial charge in [-0.15, -0.1) is 0 Å². The number of ether oxygens (including phenoxy) is 1. The van der Waals surface area contributed by atoms with Crippen molar-refractivity contribution in [2.75, 3.05) is 50.0 Å². The molecule has 3 aromatic heterocycles. The average molecular weight is 423 g/mol. The van der Waals surface area contributed by atoms with E-state index in [1.54, 1.807) is 18.7 Å². The molecule has 2 N–H and O–H groups in total. The van der Waals surface area contributed by atoms with Gasteiger partial charge in [-0.3, -0.25) is 4.79 Å². The lowest BCUT2D eigenvalue weighted by Crippen LogP contribution is -2.37. The molecule has 31 heavy (non-hydrogen) atoms. The number of carbonyl (C=O) groups is 1. The predicted octanol–water partition coefficient (Wildman–Crippen LogP) is 0.715. The Bertz CT molecular complexity index is 1070. The van der Waals surface area contributed by atoms with E-state index in [2.05, 4.69) is 19.9 Å². The number of amides is 1. The number of rotatable bonds is 5. The van der Waals surface area contributed by atoms with Gasteiger partial charge in [0.05, 0.1) is 25.1 Å². The fraction of sp³-hybridized carbons (Fsp3) is 0.500. The molecule has 1 amide bonds. The predicted molar refractivity (Wildman–Crippen MR) is 114 cm³/mol. The van der Waals surface area contributed by atoms with E-state index in [1.165, 1.54) is 0 Å². The summed E-state index contributed by atoms with van der Waals surface area (Å²) in [5, 5.41) is 0. The van der Waals surface area contributed by atoms with Crippen molar-refractivity contribution >= 4 is 28.8 Å². The second kappa shape index (κ2) is 8.42. The van der Waals surface area contributed by atoms with Crippen LogP contribution in [0.5, 0.6) is 0 Å². The second-order valence-corrected chi connectivity index (χ2v) is 7.75. The molecule has 2 fully saturated rings. The fourth-order valence-corrected chi connectivity index (χ4v) is 4.01. The minimum atomic E-state index is 0.175. The second-order valence-electron chi connectivity index (χ2n) is 7.75. The number of nitrogens with zero attached hydrogens (tertiary/aromatic N) is 8. The van der Waals surface area contributed by atoms with Crippen LogP contribution in [-0.2, 0) is 16.1 Å². The number of nitrogen functional groups attached to an aromatic ring is 1. The van der Waals surface area contributed by atoms with Gasteiger partial charge in [0.25, 0.3) is 0 Å². The maximum absolute atomic E-state index is 12.5. The Kier molecular flexibility index (Phi) is 5.33. The molecule has 5 rings (SSSR count). The van der Waals surface area contributed by atoms with Crippen molar-refractivity contribution in [3.05, 3.63) is 18.7 Å². The van der Waals surface area contributed by atoms with Crippen LogP contribution in [0, 0.1) is 0 Å². The molecule has 0 unspecified atom stereocenters. The highest BCUT2D eigenvalue weighted by molar-refractivity contribution is 5.86.